The van der Waals surface area contributed by atoms with Crippen molar-refractivity contribution >= 4 is 6.29 Å². The summed E-state index contributed by atoms with van der Waals surface area (Å²) >= 11 is 0. The van der Waals surface area contributed by atoms with Crippen LogP contribution in [-0.4, -0.2) is 6.29 Å². The maximum absolute atomic E-state index is 8.69. The number of benzene rings is 1. The van der Waals surface area contributed by atoms with Crippen LogP contribution in [0.15, 0.2) is 30.3 Å². The molecule has 51 valence electrons. The summed E-state index contributed by atoms with van der Waals surface area (Å²) in [6.07, 6.45) is 0.500. The van der Waals surface area contributed by atoms with Gasteiger partial charge in [-0.15, -0.1) is 0 Å². The Morgan fingerprint density at radius 2 is 1.60 bits per heavy atom. The molecule has 0 amide bonds. The van der Waals surface area contributed by atoms with E-state index in [-0.39, 0.29) is 32.7 Å². The normalized spacial score (nSPS) is 6.00. The Morgan fingerprint density at radius 3 is 1.70 bits per heavy atom. The molecule has 0 aliphatic rings. The third kappa shape index (κ3) is 10.8. The summed E-state index contributed by atoms with van der Waals surface area (Å²) in [7, 11) is 0. The van der Waals surface area contributed by atoms with E-state index in [1.165, 1.54) is 0 Å². The molecule has 1 nitrogen and oxygen atoms in total. The number of hydrogen-bond donors (Lipinski definition) is 0. The van der Waals surface area contributed by atoms with Crippen molar-refractivity contribution in [3.63, 3.8) is 0 Å². The van der Waals surface area contributed by atoms with Crippen molar-refractivity contribution in [2.24, 2.45) is 0 Å². The van der Waals surface area contributed by atoms with E-state index in [2.05, 4.69) is 13.0 Å². The Balaban J connectivity index is 0. The molecule has 1 radical (unpaired) electrons. The molecule has 0 bridgehead atoms. The maximum Gasteiger partial charge on any atom is 0 e. The molecule has 2 heteroatoms. The molecule has 0 aliphatic heterocycles. The summed E-state index contributed by atoms with van der Waals surface area (Å²) in [6.45, 7) is 2.81. The number of aldehydes is 1. The maximum atomic E-state index is 8.69. The van der Waals surface area contributed by atoms with Crippen LogP contribution in [0, 0.1) is 13.0 Å². The quantitative estimate of drug-likeness (QED) is 0.467. The van der Waals surface area contributed by atoms with Crippen LogP contribution >= 0.6 is 0 Å². The molecule has 0 unspecified atom stereocenters. The van der Waals surface area contributed by atoms with Gasteiger partial charge in [-0.05, 0) is 6.29 Å². The van der Waals surface area contributed by atoms with Gasteiger partial charge in [-0.3, -0.25) is 0 Å². The van der Waals surface area contributed by atoms with Gasteiger partial charge in [0.1, 0.15) is 0 Å². The van der Waals surface area contributed by atoms with Crippen LogP contribution < -0.4 is 0 Å². The summed E-state index contributed by atoms with van der Waals surface area (Å²) in [6, 6.07) is 12.5. The monoisotopic (exact) mass is 209 g/mol. The van der Waals surface area contributed by atoms with E-state index in [1.807, 2.05) is 30.3 Å². The molecule has 0 saturated carbocycles. The second-order valence-electron chi connectivity index (χ2n) is 1.24. The van der Waals surface area contributed by atoms with Gasteiger partial charge in [-0.2, -0.15) is 36.4 Å². The van der Waals surface area contributed by atoms with Crippen LogP contribution in [0.1, 0.15) is 0 Å². The van der Waals surface area contributed by atoms with Gasteiger partial charge >= 0.3 is 0 Å². The first-order chi connectivity index (χ1) is 4.41. The van der Waals surface area contributed by atoms with Gasteiger partial charge in [0.05, 0.1) is 0 Å². The van der Waals surface area contributed by atoms with Crippen LogP contribution in [0.25, 0.3) is 0 Å². The zero-order chi connectivity index (χ0) is 6.95. The fourth-order valence-electron chi connectivity index (χ4n) is 0.342. The molecule has 0 aliphatic carbocycles. The Morgan fingerprint density at radius 1 is 1.20 bits per heavy atom. The molecule has 1 aromatic carbocycles. The number of carbonyl (C=O) groups is 1. The summed E-state index contributed by atoms with van der Waals surface area (Å²) < 4.78 is 0. The van der Waals surface area contributed by atoms with E-state index >= 15 is 0 Å². The van der Waals surface area contributed by atoms with Gasteiger partial charge < -0.3 is 11.7 Å². The first kappa shape index (κ1) is 12.5. The van der Waals surface area contributed by atoms with Crippen molar-refractivity contribution in [3.05, 3.63) is 43.3 Å². The Bertz CT molecular complexity index is 112. The van der Waals surface area contributed by atoms with Gasteiger partial charge in [0.15, 0.2) is 0 Å². The molecule has 0 N–H and O–H groups in total. The molecule has 0 saturated heterocycles. The van der Waals surface area contributed by atoms with Gasteiger partial charge in [-0.25, -0.2) is 0 Å². The Hall–Kier alpha value is -0.136. The van der Waals surface area contributed by atoms with Crippen molar-refractivity contribution in [2.75, 3.05) is 0 Å². The fourth-order valence-corrected chi connectivity index (χ4v) is 0.342. The smallest absolute Gasteiger partial charge is 0 e. The van der Waals surface area contributed by atoms with Gasteiger partial charge in [0.2, 0.25) is 0 Å². The molecule has 0 heterocycles. The van der Waals surface area contributed by atoms with Crippen LogP contribution in [-0.2, 0) is 37.5 Å². The van der Waals surface area contributed by atoms with Gasteiger partial charge in [0, 0.05) is 32.7 Å². The molecule has 10 heavy (non-hydrogen) atoms. The molecule has 1 rings (SSSR count). The van der Waals surface area contributed by atoms with Gasteiger partial charge in [0.25, 0.3) is 0 Å². The minimum absolute atomic E-state index is 0. The van der Waals surface area contributed by atoms with E-state index in [0.29, 0.717) is 6.29 Å². The minimum atomic E-state index is 0. The van der Waals surface area contributed by atoms with Crippen LogP contribution in [0.4, 0.5) is 0 Å². The first-order valence-electron chi connectivity index (χ1n) is 2.55. The number of carbonyl (C=O) groups excluding carboxylic acids is 1. The van der Waals surface area contributed by atoms with E-state index in [1.54, 1.807) is 0 Å². The average molecular weight is 209 g/mol. The zero-order valence-electron chi connectivity index (χ0n) is 5.66. The largest absolute Gasteiger partial charge is 0.343 e. The molecule has 1 aromatic rings. The van der Waals surface area contributed by atoms with Crippen LogP contribution in [0.5, 0.6) is 0 Å². The topological polar surface area (TPSA) is 17.1 Å². The zero-order valence-corrected chi connectivity index (χ0v) is 8.50. The van der Waals surface area contributed by atoms with Crippen LogP contribution in [0.2, 0.25) is 0 Å². The van der Waals surface area contributed by atoms with Crippen molar-refractivity contribution in [3.8, 4) is 0 Å². The van der Waals surface area contributed by atoms with E-state index in [4.69, 9.17) is 4.79 Å². The molecule has 0 atom stereocenters. The molecule has 0 aromatic heterocycles. The van der Waals surface area contributed by atoms with Crippen molar-refractivity contribution in [2.45, 2.75) is 0 Å². The molecule has 0 spiro atoms. The second-order valence-corrected chi connectivity index (χ2v) is 1.24. The predicted molar refractivity (Wildman–Crippen MR) is 36.7 cm³/mol. The standard InChI is InChI=1S/C6H5.C2H3O.Y/c1-2-4-6-5-3-1;1-2-3;/h1-5H;2H,1H2;/q2*-1;. The average Bonchev–Trinajstić information content (AvgIpc) is 1.93. The van der Waals surface area contributed by atoms with E-state index in [9.17, 15) is 0 Å². The van der Waals surface area contributed by atoms with Crippen molar-refractivity contribution in [1.82, 2.24) is 0 Å². The summed E-state index contributed by atoms with van der Waals surface area (Å²) in [4.78, 5) is 8.69. The molecular formula is C8H8OY-2. The van der Waals surface area contributed by atoms with Gasteiger partial charge in [-0.1, -0.05) is 0 Å². The first-order valence-corrected chi connectivity index (χ1v) is 2.55. The molecule has 0 fully saturated rings. The van der Waals surface area contributed by atoms with Crippen molar-refractivity contribution < 1.29 is 37.5 Å². The summed E-state index contributed by atoms with van der Waals surface area (Å²) in [5, 5.41) is 0. The fraction of sp³-hybridized carbons (Fsp3) is 0. The summed E-state index contributed by atoms with van der Waals surface area (Å²) in [5.41, 5.74) is 0. The third-order valence-corrected chi connectivity index (χ3v) is 0.607. The van der Waals surface area contributed by atoms with Crippen molar-refractivity contribution in [1.29, 1.82) is 0 Å². The number of hydrogen-bond acceptors (Lipinski definition) is 1. The number of rotatable bonds is 0. The molecular weight excluding hydrogens is 201 g/mol. The van der Waals surface area contributed by atoms with E-state index in [0.717, 1.165) is 0 Å². The third-order valence-electron chi connectivity index (χ3n) is 0.607. The second kappa shape index (κ2) is 11.6. The Kier molecular flexibility index (Phi) is 14.6. The van der Waals surface area contributed by atoms with Crippen LogP contribution in [0.3, 0.4) is 0 Å². The SMILES string of the molecule is [CH2-]C=O.[Y].[c-]1ccccc1. The predicted octanol–water partition coefficient (Wildman–Crippen LogP) is 1.50. The summed E-state index contributed by atoms with van der Waals surface area (Å²) in [5.74, 6) is 0. The Labute approximate surface area is 86.7 Å². The van der Waals surface area contributed by atoms with E-state index < -0.39 is 0 Å². The minimum Gasteiger partial charge on any atom is -0.343 e.